The molecular formula is C30H27NO7. The van der Waals surface area contributed by atoms with E-state index >= 15 is 0 Å². The number of allylic oxidation sites excluding steroid dienone is 2. The maximum Gasteiger partial charge on any atom is 0.259 e. The van der Waals surface area contributed by atoms with Gasteiger partial charge in [0.05, 0.1) is 12.7 Å². The van der Waals surface area contributed by atoms with Crippen molar-refractivity contribution < 1.29 is 33.8 Å². The van der Waals surface area contributed by atoms with E-state index < -0.39 is 34.6 Å². The van der Waals surface area contributed by atoms with E-state index in [4.69, 9.17) is 9.47 Å². The van der Waals surface area contributed by atoms with Crippen LogP contribution in [0, 0.1) is 19.8 Å². The molecule has 1 heterocycles. The second kappa shape index (κ2) is 8.83. The zero-order valence-electron chi connectivity index (χ0n) is 21.7. The summed E-state index contributed by atoms with van der Waals surface area (Å²) in [6.07, 6.45) is 1.10. The minimum Gasteiger partial charge on any atom is -0.507 e. The quantitative estimate of drug-likeness (QED) is 0.495. The number of ketones is 3. The van der Waals surface area contributed by atoms with Gasteiger partial charge in [-0.05, 0) is 49.6 Å². The molecule has 2 aliphatic rings. The Labute approximate surface area is 219 Å². The molecule has 1 amide bonds. The van der Waals surface area contributed by atoms with E-state index in [1.807, 2.05) is 38.1 Å². The van der Waals surface area contributed by atoms with Crippen LogP contribution in [0.4, 0.5) is 0 Å². The van der Waals surface area contributed by atoms with Crippen LogP contribution in [0.1, 0.15) is 46.5 Å². The van der Waals surface area contributed by atoms with Crippen LogP contribution >= 0.6 is 0 Å². The van der Waals surface area contributed by atoms with Crippen molar-refractivity contribution >= 4 is 34.0 Å². The molecule has 38 heavy (non-hydrogen) atoms. The second-order valence-corrected chi connectivity index (χ2v) is 9.99. The number of hydrogen-bond donors (Lipinski definition) is 2. The molecule has 194 valence electrons. The Hall–Kier alpha value is -4.46. The number of hydrogen-bond acceptors (Lipinski definition) is 7. The summed E-state index contributed by atoms with van der Waals surface area (Å²) in [5, 5.41) is 15.9. The number of benzene rings is 3. The number of ether oxygens (including phenoxy) is 2. The first-order valence-corrected chi connectivity index (χ1v) is 12.2. The lowest BCUT2D eigenvalue weighted by Crippen LogP contribution is -2.47. The van der Waals surface area contributed by atoms with Crippen molar-refractivity contribution in [3.05, 3.63) is 76.1 Å². The molecule has 8 heteroatoms. The molecule has 3 aromatic rings. The van der Waals surface area contributed by atoms with Crippen LogP contribution in [0.25, 0.3) is 10.8 Å². The summed E-state index contributed by atoms with van der Waals surface area (Å²) in [6, 6.07) is 11.4. The highest BCUT2D eigenvalue weighted by atomic mass is 16.5. The third-order valence-corrected chi connectivity index (χ3v) is 7.54. The molecule has 1 aliphatic carbocycles. The molecule has 8 nitrogen and oxygen atoms in total. The maximum atomic E-state index is 13.6. The fourth-order valence-electron chi connectivity index (χ4n) is 5.45. The van der Waals surface area contributed by atoms with Gasteiger partial charge in [0, 0.05) is 18.7 Å². The van der Waals surface area contributed by atoms with Crippen molar-refractivity contribution in [1.82, 2.24) is 5.32 Å². The number of amides is 1. The van der Waals surface area contributed by atoms with E-state index in [1.165, 1.54) is 27.0 Å². The Morgan fingerprint density at radius 1 is 1.13 bits per heavy atom. The fourth-order valence-corrected chi connectivity index (χ4v) is 5.45. The average molecular weight is 514 g/mol. The van der Waals surface area contributed by atoms with Crippen molar-refractivity contribution in [3.63, 3.8) is 0 Å². The molecule has 0 aromatic heterocycles. The number of aromatic hydroxyl groups is 1. The SMILES string of the molecule is COc1cc(O)c2c(c1C(=O)NCc1c(C)ccc3ccc(C)cc13)OC1=CC(=O)C(C(C)=O)C(=O)[C@]12C. The Bertz CT molecular complexity index is 1610. The van der Waals surface area contributed by atoms with Crippen molar-refractivity contribution in [2.45, 2.75) is 39.7 Å². The molecule has 0 radical (unpaired) electrons. The number of phenolic OH excluding ortho intramolecular Hbond substituents is 1. The Kier molecular flexibility index (Phi) is 5.86. The van der Waals surface area contributed by atoms with Gasteiger partial charge in [-0.2, -0.15) is 0 Å². The van der Waals surface area contributed by atoms with Crippen LogP contribution in [0.3, 0.4) is 0 Å². The second-order valence-electron chi connectivity index (χ2n) is 9.99. The first-order valence-electron chi connectivity index (χ1n) is 12.2. The number of methoxy groups -OCH3 is 1. The van der Waals surface area contributed by atoms with E-state index in [0.717, 1.165) is 33.5 Å². The van der Waals surface area contributed by atoms with Crippen LogP contribution in [0.5, 0.6) is 17.2 Å². The normalized spacial score (nSPS) is 19.9. The van der Waals surface area contributed by atoms with E-state index in [1.54, 1.807) is 0 Å². The van der Waals surface area contributed by atoms with Crippen molar-refractivity contribution in [3.8, 4) is 17.2 Å². The molecule has 1 unspecified atom stereocenters. The highest BCUT2D eigenvalue weighted by Crippen LogP contribution is 2.56. The van der Waals surface area contributed by atoms with Gasteiger partial charge in [0.15, 0.2) is 17.3 Å². The summed E-state index contributed by atoms with van der Waals surface area (Å²) in [5.41, 5.74) is 1.43. The monoisotopic (exact) mass is 513 g/mol. The predicted molar refractivity (Wildman–Crippen MR) is 139 cm³/mol. The van der Waals surface area contributed by atoms with Gasteiger partial charge in [-0.25, -0.2) is 0 Å². The van der Waals surface area contributed by atoms with Crippen LogP contribution in [-0.4, -0.2) is 35.5 Å². The lowest BCUT2D eigenvalue weighted by molar-refractivity contribution is -0.140. The standard InChI is InChI=1S/C30H27NO7/c1-14-6-8-17-9-7-15(2)19(18(17)10-14)13-31-29(36)25-22(37-5)11-21(34)26-27(25)38-23-12-20(33)24(16(3)32)28(35)30(23,26)4/h6-12,24,34H,13H2,1-5H3,(H,31,36)/t24?,30-/m1/s1. The zero-order chi connectivity index (χ0) is 27.5. The predicted octanol–water partition coefficient (Wildman–Crippen LogP) is 3.99. The van der Waals surface area contributed by atoms with Crippen molar-refractivity contribution in [1.29, 1.82) is 0 Å². The van der Waals surface area contributed by atoms with Gasteiger partial charge in [-0.3, -0.25) is 19.2 Å². The number of carbonyl (C=O) groups excluding carboxylic acids is 4. The van der Waals surface area contributed by atoms with Crippen LogP contribution in [0.15, 0.2) is 48.2 Å². The fraction of sp³-hybridized carbons (Fsp3) is 0.267. The molecule has 5 rings (SSSR count). The molecule has 0 spiro atoms. The molecule has 0 saturated heterocycles. The number of phenols is 1. The smallest absolute Gasteiger partial charge is 0.259 e. The van der Waals surface area contributed by atoms with Gasteiger partial charge in [0.1, 0.15) is 39.9 Å². The highest BCUT2D eigenvalue weighted by molar-refractivity contribution is 6.27. The summed E-state index contributed by atoms with van der Waals surface area (Å²) in [7, 11) is 1.35. The van der Waals surface area contributed by atoms with Crippen molar-refractivity contribution in [2.24, 2.45) is 5.92 Å². The topological polar surface area (TPSA) is 119 Å². The third kappa shape index (κ3) is 3.59. The van der Waals surface area contributed by atoms with Crippen LogP contribution in [-0.2, 0) is 26.3 Å². The Morgan fingerprint density at radius 2 is 1.84 bits per heavy atom. The lowest BCUT2D eigenvalue weighted by atomic mass is 9.67. The number of carbonyl (C=O) groups is 4. The van der Waals surface area contributed by atoms with E-state index in [-0.39, 0.29) is 40.7 Å². The summed E-state index contributed by atoms with van der Waals surface area (Å²) < 4.78 is 11.3. The highest BCUT2D eigenvalue weighted by Gasteiger charge is 2.58. The van der Waals surface area contributed by atoms with E-state index in [2.05, 4.69) is 11.4 Å². The summed E-state index contributed by atoms with van der Waals surface area (Å²) >= 11 is 0. The minimum atomic E-state index is -1.62. The molecule has 0 bridgehead atoms. The summed E-state index contributed by atoms with van der Waals surface area (Å²) in [5.74, 6) is -4.49. The molecule has 3 aromatic carbocycles. The first-order chi connectivity index (χ1) is 18.0. The van der Waals surface area contributed by atoms with E-state index in [0.29, 0.717) is 0 Å². The molecule has 1 aliphatic heterocycles. The summed E-state index contributed by atoms with van der Waals surface area (Å²) in [6.45, 7) is 6.82. The molecule has 2 N–H and O–H groups in total. The van der Waals surface area contributed by atoms with Crippen molar-refractivity contribution in [2.75, 3.05) is 7.11 Å². The van der Waals surface area contributed by atoms with Crippen LogP contribution in [0.2, 0.25) is 0 Å². The van der Waals surface area contributed by atoms with Gasteiger partial charge < -0.3 is 19.9 Å². The number of Topliss-reactive ketones (excluding diaryl/α,β-unsaturated/α-hetero) is 2. The van der Waals surface area contributed by atoms with Gasteiger partial charge in [-0.1, -0.05) is 35.9 Å². The molecule has 0 saturated carbocycles. The number of fused-ring (bicyclic) bond motifs is 4. The third-order valence-electron chi connectivity index (χ3n) is 7.54. The molecule has 2 atom stereocenters. The van der Waals surface area contributed by atoms with Crippen LogP contribution < -0.4 is 14.8 Å². The maximum absolute atomic E-state index is 13.6. The van der Waals surface area contributed by atoms with Gasteiger partial charge >= 0.3 is 0 Å². The molecule has 0 fully saturated rings. The van der Waals surface area contributed by atoms with E-state index in [9.17, 15) is 24.3 Å². The van der Waals surface area contributed by atoms with Gasteiger partial charge in [0.2, 0.25) is 0 Å². The number of nitrogens with one attached hydrogen (secondary N) is 1. The minimum absolute atomic E-state index is 0.0227. The Morgan fingerprint density at radius 3 is 2.53 bits per heavy atom. The summed E-state index contributed by atoms with van der Waals surface area (Å²) in [4.78, 5) is 51.8. The van der Waals surface area contributed by atoms with Gasteiger partial charge in [0.25, 0.3) is 5.91 Å². The zero-order valence-corrected chi connectivity index (χ0v) is 21.7. The van der Waals surface area contributed by atoms with Gasteiger partial charge in [-0.15, -0.1) is 0 Å². The number of rotatable bonds is 5. The largest absolute Gasteiger partial charge is 0.507 e. The Balaban J connectivity index is 1.59. The lowest BCUT2D eigenvalue weighted by Gasteiger charge is -2.30. The average Bonchev–Trinajstić information content (AvgIpc) is 3.16. The first kappa shape index (κ1) is 25.2. The molecular weight excluding hydrogens is 486 g/mol. The number of aryl methyl sites for hydroxylation is 2.